The van der Waals surface area contributed by atoms with Gasteiger partial charge in [0.05, 0.1) is 11.7 Å². The summed E-state index contributed by atoms with van der Waals surface area (Å²) >= 11 is 6.13. The monoisotopic (exact) mass is 347 g/mol. The number of likely N-dealkylation sites (tertiary alicyclic amines) is 1. The molecule has 0 unspecified atom stereocenters. The van der Waals surface area contributed by atoms with Gasteiger partial charge in [0.1, 0.15) is 0 Å². The van der Waals surface area contributed by atoms with Gasteiger partial charge in [-0.25, -0.2) is 4.79 Å². The fourth-order valence-electron chi connectivity index (χ4n) is 2.97. The number of hydrogen-bond acceptors (Lipinski definition) is 3. The van der Waals surface area contributed by atoms with E-state index >= 15 is 0 Å². The Labute approximate surface area is 147 Å². The number of amides is 2. The second-order valence-electron chi connectivity index (χ2n) is 6.50. The largest absolute Gasteiger partial charge is 0.359 e. The molecule has 1 aromatic carbocycles. The van der Waals surface area contributed by atoms with Gasteiger partial charge in [0, 0.05) is 23.3 Å². The highest BCUT2D eigenvalue weighted by molar-refractivity contribution is 6.31. The van der Waals surface area contributed by atoms with E-state index in [-0.39, 0.29) is 12.1 Å². The zero-order valence-corrected chi connectivity index (χ0v) is 14.9. The molecule has 3 rings (SSSR count). The maximum atomic E-state index is 12.7. The van der Waals surface area contributed by atoms with E-state index in [1.807, 2.05) is 36.1 Å². The molecule has 0 saturated carbocycles. The second kappa shape index (κ2) is 6.85. The minimum absolute atomic E-state index is 0.0653. The van der Waals surface area contributed by atoms with Crippen LogP contribution in [-0.2, 0) is 0 Å². The molecule has 1 saturated heterocycles. The first-order chi connectivity index (χ1) is 11.5. The Kier molecular flexibility index (Phi) is 4.81. The summed E-state index contributed by atoms with van der Waals surface area (Å²) in [7, 11) is 0. The molecule has 24 heavy (non-hydrogen) atoms. The maximum Gasteiger partial charge on any atom is 0.322 e. The van der Waals surface area contributed by atoms with Crippen LogP contribution in [0.4, 0.5) is 10.5 Å². The smallest absolute Gasteiger partial charge is 0.322 e. The number of nitrogens with one attached hydrogen (secondary N) is 1. The van der Waals surface area contributed by atoms with Crippen molar-refractivity contribution in [2.45, 2.75) is 45.6 Å². The molecule has 1 N–H and O–H groups in total. The van der Waals surface area contributed by atoms with Crippen molar-refractivity contribution in [3.63, 3.8) is 0 Å². The number of hydrogen-bond donors (Lipinski definition) is 1. The first-order valence-electron chi connectivity index (χ1n) is 8.26. The van der Waals surface area contributed by atoms with Crippen molar-refractivity contribution < 1.29 is 9.32 Å². The summed E-state index contributed by atoms with van der Waals surface area (Å²) < 4.78 is 5.49. The molecule has 0 aliphatic carbocycles. The fourth-order valence-corrected chi connectivity index (χ4v) is 3.14. The molecule has 2 aromatic rings. The fraction of sp³-hybridized carbons (Fsp3) is 0.444. The average Bonchev–Trinajstić information content (AvgIpc) is 3.19. The van der Waals surface area contributed by atoms with E-state index in [0.717, 1.165) is 35.5 Å². The van der Waals surface area contributed by atoms with Gasteiger partial charge in [0.25, 0.3) is 0 Å². The van der Waals surface area contributed by atoms with Gasteiger partial charge in [-0.1, -0.05) is 36.7 Å². The molecule has 1 aliphatic rings. The molecule has 0 radical (unpaired) electrons. The lowest BCUT2D eigenvalue weighted by molar-refractivity contribution is 0.195. The molecule has 6 heteroatoms. The molecular formula is C18H22ClN3O2. The molecule has 1 atom stereocenters. The summed E-state index contributed by atoms with van der Waals surface area (Å²) in [4.78, 5) is 14.5. The van der Waals surface area contributed by atoms with Crippen LogP contribution < -0.4 is 5.32 Å². The highest BCUT2D eigenvalue weighted by Crippen LogP contribution is 2.34. The Balaban J connectivity index is 1.77. The summed E-state index contributed by atoms with van der Waals surface area (Å²) in [6.45, 7) is 6.74. The Bertz CT molecular complexity index is 742. The van der Waals surface area contributed by atoms with Crippen molar-refractivity contribution in [1.82, 2.24) is 10.1 Å². The van der Waals surface area contributed by atoms with Gasteiger partial charge in [-0.15, -0.1) is 0 Å². The van der Waals surface area contributed by atoms with Gasteiger partial charge in [0.15, 0.2) is 5.76 Å². The van der Waals surface area contributed by atoms with Crippen molar-refractivity contribution in [2.24, 2.45) is 0 Å². The minimum atomic E-state index is -0.134. The number of aromatic nitrogens is 1. The highest BCUT2D eigenvalue weighted by Gasteiger charge is 2.33. The average molecular weight is 348 g/mol. The lowest BCUT2D eigenvalue weighted by Gasteiger charge is -2.23. The van der Waals surface area contributed by atoms with E-state index in [1.54, 1.807) is 0 Å². The van der Waals surface area contributed by atoms with Crippen LogP contribution in [0.25, 0.3) is 0 Å². The summed E-state index contributed by atoms with van der Waals surface area (Å²) in [5, 5.41) is 7.72. The van der Waals surface area contributed by atoms with Crippen molar-refractivity contribution in [3.05, 3.63) is 46.3 Å². The van der Waals surface area contributed by atoms with Crippen LogP contribution in [0.15, 0.2) is 28.8 Å². The summed E-state index contributed by atoms with van der Waals surface area (Å²) in [6, 6.07) is 7.27. The third-order valence-electron chi connectivity index (χ3n) is 4.49. The number of carbonyl (C=O) groups excluding carboxylic acids is 1. The molecule has 128 valence electrons. The summed E-state index contributed by atoms with van der Waals surface area (Å²) in [6.07, 6.45) is 1.83. The van der Waals surface area contributed by atoms with E-state index in [0.29, 0.717) is 17.5 Å². The molecule has 1 aliphatic heterocycles. The van der Waals surface area contributed by atoms with Crippen LogP contribution in [0.1, 0.15) is 55.7 Å². The molecule has 0 spiro atoms. The highest BCUT2D eigenvalue weighted by atomic mass is 35.5. The van der Waals surface area contributed by atoms with Crippen molar-refractivity contribution in [3.8, 4) is 0 Å². The number of urea groups is 1. The lowest BCUT2D eigenvalue weighted by atomic mass is 10.1. The maximum absolute atomic E-state index is 12.7. The SMILES string of the molecule is Cc1c(Cl)cccc1NC(=O)N1CCC[C@H]1c1cc(C(C)C)no1. The topological polar surface area (TPSA) is 58.4 Å². The quantitative estimate of drug-likeness (QED) is 0.837. The van der Waals surface area contributed by atoms with Crippen molar-refractivity contribution >= 4 is 23.3 Å². The Morgan fingerprint density at radius 3 is 2.96 bits per heavy atom. The van der Waals surface area contributed by atoms with Crippen LogP contribution in [0.2, 0.25) is 5.02 Å². The van der Waals surface area contributed by atoms with Crippen LogP contribution >= 0.6 is 11.6 Å². The Morgan fingerprint density at radius 1 is 1.46 bits per heavy atom. The number of carbonyl (C=O) groups is 1. The van der Waals surface area contributed by atoms with E-state index in [9.17, 15) is 4.79 Å². The third-order valence-corrected chi connectivity index (χ3v) is 4.90. The number of rotatable bonds is 3. The third kappa shape index (κ3) is 3.26. The van der Waals surface area contributed by atoms with E-state index in [2.05, 4.69) is 24.3 Å². The molecule has 1 aromatic heterocycles. The minimum Gasteiger partial charge on any atom is -0.359 e. The van der Waals surface area contributed by atoms with Gasteiger partial charge in [-0.05, 0) is 43.4 Å². The number of anilines is 1. The van der Waals surface area contributed by atoms with Gasteiger partial charge >= 0.3 is 6.03 Å². The number of nitrogens with zero attached hydrogens (tertiary/aromatic N) is 2. The van der Waals surface area contributed by atoms with Gasteiger partial charge in [0.2, 0.25) is 0 Å². The van der Waals surface area contributed by atoms with Crippen LogP contribution in [0.5, 0.6) is 0 Å². The zero-order valence-electron chi connectivity index (χ0n) is 14.2. The Morgan fingerprint density at radius 2 is 2.25 bits per heavy atom. The molecule has 2 heterocycles. The standard InChI is InChI=1S/C18H22ClN3O2/c1-11(2)15-10-17(24-21-15)16-8-5-9-22(16)18(23)20-14-7-4-6-13(19)12(14)3/h4,6-7,10-11,16H,5,8-9H2,1-3H3,(H,20,23)/t16-/m0/s1. The second-order valence-corrected chi connectivity index (χ2v) is 6.91. The number of benzene rings is 1. The van der Waals surface area contributed by atoms with Crippen LogP contribution in [0, 0.1) is 6.92 Å². The van der Waals surface area contributed by atoms with Gasteiger partial charge in [-0.3, -0.25) is 0 Å². The summed E-state index contributed by atoms with van der Waals surface area (Å²) in [5.41, 5.74) is 2.52. The van der Waals surface area contributed by atoms with Crippen LogP contribution in [0.3, 0.4) is 0 Å². The molecule has 0 bridgehead atoms. The van der Waals surface area contributed by atoms with Crippen LogP contribution in [-0.4, -0.2) is 22.6 Å². The molecular weight excluding hydrogens is 326 g/mol. The summed E-state index contributed by atoms with van der Waals surface area (Å²) in [5.74, 6) is 1.06. The first-order valence-corrected chi connectivity index (χ1v) is 8.64. The molecule has 2 amide bonds. The van der Waals surface area contributed by atoms with E-state index < -0.39 is 0 Å². The lowest BCUT2D eigenvalue weighted by Crippen LogP contribution is -2.34. The normalized spacial score (nSPS) is 17.5. The van der Waals surface area contributed by atoms with Crippen molar-refractivity contribution in [1.29, 1.82) is 0 Å². The predicted octanol–water partition coefficient (Wildman–Crippen LogP) is 5.13. The zero-order chi connectivity index (χ0) is 17.3. The molecule has 5 nitrogen and oxygen atoms in total. The molecule has 1 fully saturated rings. The first kappa shape index (κ1) is 16.8. The van der Waals surface area contributed by atoms with E-state index in [1.165, 1.54) is 0 Å². The van der Waals surface area contributed by atoms with Gasteiger partial charge < -0.3 is 14.7 Å². The number of halogens is 1. The van der Waals surface area contributed by atoms with Crippen molar-refractivity contribution in [2.75, 3.05) is 11.9 Å². The van der Waals surface area contributed by atoms with Gasteiger partial charge in [-0.2, -0.15) is 0 Å². The van der Waals surface area contributed by atoms with E-state index in [4.69, 9.17) is 16.1 Å². The predicted molar refractivity (Wildman–Crippen MR) is 94.5 cm³/mol. The Hall–Kier alpha value is -2.01.